The van der Waals surface area contributed by atoms with E-state index in [1.165, 1.54) is 0 Å². The molecule has 0 saturated carbocycles. The van der Waals surface area contributed by atoms with Gasteiger partial charge in [-0.15, -0.1) is 0 Å². The lowest BCUT2D eigenvalue weighted by Gasteiger charge is -2.11. The zero-order valence-corrected chi connectivity index (χ0v) is 10.6. The highest BCUT2D eigenvalue weighted by molar-refractivity contribution is 5.48. The van der Waals surface area contributed by atoms with Gasteiger partial charge in [-0.2, -0.15) is 5.26 Å². The van der Waals surface area contributed by atoms with Gasteiger partial charge in [0.2, 0.25) is 0 Å². The van der Waals surface area contributed by atoms with Gasteiger partial charge in [-0.25, -0.2) is 0 Å². The summed E-state index contributed by atoms with van der Waals surface area (Å²) >= 11 is 0. The Morgan fingerprint density at radius 3 is 2.79 bits per heavy atom. The average Bonchev–Trinajstić information content (AvgIpc) is 2.46. The van der Waals surface area contributed by atoms with E-state index in [2.05, 4.69) is 6.07 Å². The van der Waals surface area contributed by atoms with Gasteiger partial charge in [0.25, 0.3) is 0 Å². The molecule has 4 heteroatoms. The molecular weight excluding hydrogens is 240 g/mol. The lowest BCUT2D eigenvalue weighted by Crippen LogP contribution is -2.00. The molecule has 0 aliphatic heterocycles. The van der Waals surface area contributed by atoms with Crippen LogP contribution in [-0.2, 0) is 6.61 Å². The molecule has 2 aromatic rings. The summed E-state index contributed by atoms with van der Waals surface area (Å²) in [5.74, 6) is 1.34. The fourth-order valence-electron chi connectivity index (χ4n) is 1.70. The van der Waals surface area contributed by atoms with E-state index in [-0.39, 0.29) is 0 Å². The van der Waals surface area contributed by atoms with Crippen molar-refractivity contribution >= 4 is 5.69 Å². The number of methoxy groups -OCH3 is 1. The van der Waals surface area contributed by atoms with Crippen molar-refractivity contribution in [3.05, 3.63) is 53.6 Å². The maximum absolute atomic E-state index is 8.82. The molecule has 0 spiro atoms. The molecule has 0 aliphatic rings. The Kier molecular flexibility index (Phi) is 3.89. The molecule has 2 rings (SSSR count). The van der Waals surface area contributed by atoms with Crippen molar-refractivity contribution in [3.63, 3.8) is 0 Å². The highest BCUT2D eigenvalue weighted by atomic mass is 16.5. The Hall–Kier alpha value is -2.67. The molecule has 0 aromatic heterocycles. The maximum Gasteiger partial charge on any atom is 0.127 e. The van der Waals surface area contributed by atoms with Crippen molar-refractivity contribution in [3.8, 4) is 17.6 Å². The first-order valence-electron chi connectivity index (χ1n) is 5.78. The second-order valence-electron chi connectivity index (χ2n) is 4.00. The summed E-state index contributed by atoms with van der Waals surface area (Å²) in [7, 11) is 1.59. The molecule has 0 amide bonds. The predicted octanol–water partition coefficient (Wildman–Crippen LogP) is 2.73. The molecule has 0 unspecified atom stereocenters. The van der Waals surface area contributed by atoms with Crippen LogP contribution in [0.3, 0.4) is 0 Å². The molecule has 4 nitrogen and oxygen atoms in total. The number of anilines is 1. The third-order valence-electron chi connectivity index (χ3n) is 2.67. The van der Waals surface area contributed by atoms with Gasteiger partial charge in [0.1, 0.15) is 18.1 Å². The Morgan fingerprint density at radius 2 is 2.05 bits per heavy atom. The molecule has 2 aromatic carbocycles. The first-order chi connectivity index (χ1) is 9.22. The minimum atomic E-state index is 0.359. The average molecular weight is 254 g/mol. The Labute approximate surface area is 112 Å². The topological polar surface area (TPSA) is 68.3 Å². The van der Waals surface area contributed by atoms with Gasteiger partial charge < -0.3 is 15.2 Å². The standard InChI is InChI=1S/C15H14N2O2/c1-18-15-8-13(17)6-5-12(15)10-19-14-4-2-3-11(7-14)9-16/h2-8H,10,17H2,1H3. The number of benzene rings is 2. The number of rotatable bonds is 4. The minimum absolute atomic E-state index is 0.359. The maximum atomic E-state index is 8.82. The van der Waals surface area contributed by atoms with Gasteiger partial charge >= 0.3 is 0 Å². The van der Waals surface area contributed by atoms with Crippen molar-refractivity contribution in [2.45, 2.75) is 6.61 Å². The molecule has 0 atom stereocenters. The number of nitrogens with zero attached hydrogens (tertiary/aromatic N) is 1. The fraction of sp³-hybridized carbons (Fsp3) is 0.133. The molecule has 0 saturated heterocycles. The number of hydrogen-bond acceptors (Lipinski definition) is 4. The normalized spacial score (nSPS) is 9.68. The molecule has 96 valence electrons. The summed E-state index contributed by atoms with van der Waals surface area (Å²) < 4.78 is 10.9. The molecule has 0 bridgehead atoms. The first-order valence-corrected chi connectivity index (χ1v) is 5.78. The van der Waals surface area contributed by atoms with Gasteiger partial charge in [-0.3, -0.25) is 0 Å². The van der Waals surface area contributed by atoms with Crippen LogP contribution in [0.2, 0.25) is 0 Å². The molecular formula is C15H14N2O2. The van der Waals surface area contributed by atoms with Crippen LogP contribution in [0.1, 0.15) is 11.1 Å². The summed E-state index contributed by atoms with van der Waals surface area (Å²) in [6.07, 6.45) is 0. The van der Waals surface area contributed by atoms with E-state index >= 15 is 0 Å². The Bertz CT molecular complexity index is 618. The van der Waals surface area contributed by atoms with Gasteiger partial charge in [-0.05, 0) is 30.3 Å². The Balaban J connectivity index is 2.12. The van der Waals surface area contributed by atoms with Gasteiger partial charge in [0.15, 0.2) is 0 Å². The van der Waals surface area contributed by atoms with Crippen LogP contribution in [-0.4, -0.2) is 7.11 Å². The van der Waals surface area contributed by atoms with Gasteiger partial charge in [-0.1, -0.05) is 6.07 Å². The van der Waals surface area contributed by atoms with Crippen molar-refractivity contribution in [1.29, 1.82) is 5.26 Å². The molecule has 0 fully saturated rings. The van der Waals surface area contributed by atoms with Crippen molar-refractivity contribution < 1.29 is 9.47 Å². The first kappa shape index (κ1) is 12.8. The quantitative estimate of drug-likeness (QED) is 0.852. The lowest BCUT2D eigenvalue weighted by molar-refractivity contribution is 0.296. The van der Waals surface area contributed by atoms with E-state index < -0.39 is 0 Å². The van der Waals surface area contributed by atoms with Crippen LogP contribution in [0.5, 0.6) is 11.5 Å². The SMILES string of the molecule is COc1cc(N)ccc1COc1cccc(C#N)c1. The zero-order valence-electron chi connectivity index (χ0n) is 10.6. The minimum Gasteiger partial charge on any atom is -0.496 e. The molecule has 0 heterocycles. The molecule has 0 aliphatic carbocycles. The van der Waals surface area contributed by atoms with E-state index in [4.69, 9.17) is 20.5 Å². The summed E-state index contributed by atoms with van der Waals surface area (Å²) in [5.41, 5.74) is 7.81. The number of hydrogen-bond donors (Lipinski definition) is 1. The Morgan fingerprint density at radius 1 is 1.21 bits per heavy atom. The van der Waals surface area contributed by atoms with Gasteiger partial charge in [0, 0.05) is 17.3 Å². The van der Waals surface area contributed by atoms with E-state index in [9.17, 15) is 0 Å². The predicted molar refractivity (Wildman–Crippen MR) is 72.9 cm³/mol. The summed E-state index contributed by atoms with van der Waals surface area (Å²) in [6.45, 7) is 0.359. The summed E-state index contributed by atoms with van der Waals surface area (Å²) in [5, 5.41) is 8.82. The van der Waals surface area contributed by atoms with E-state index in [0.717, 1.165) is 5.56 Å². The van der Waals surface area contributed by atoms with Crippen LogP contribution in [0.25, 0.3) is 0 Å². The zero-order chi connectivity index (χ0) is 13.7. The van der Waals surface area contributed by atoms with E-state index in [0.29, 0.717) is 29.4 Å². The summed E-state index contributed by atoms with van der Waals surface area (Å²) in [6, 6.07) is 14.5. The number of nitrogen functional groups attached to an aromatic ring is 1. The highest BCUT2D eigenvalue weighted by Crippen LogP contribution is 2.23. The lowest BCUT2D eigenvalue weighted by atomic mass is 10.2. The fourth-order valence-corrected chi connectivity index (χ4v) is 1.70. The second-order valence-corrected chi connectivity index (χ2v) is 4.00. The molecule has 0 radical (unpaired) electrons. The van der Waals surface area contributed by atoms with Crippen LogP contribution >= 0.6 is 0 Å². The van der Waals surface area contributed by atoms with Crippen molar-refractivity contribution in [2.24, 2.45) is 0 Å². The highest BCUT2D eigenvalue weighted by Gasteiger charge is 2.04. The van der Waals surface area contributed by atoms with E-state index in [1.807, 2.05) is 12.1 Å². The third-order valence-corrected chi connectivity index (χ3v) is 2.67. The molecule has 19 heavy (non-hydrogen) atoms. The number of nitrogens with two attached hydrogens (primary N) is 1. The largest absolute Gasteiger partial charge is 0.496 e. The van der Waals surface area contributed by atoms with Crippen LogP contribution in [0, 0.1) is 11.3 Å². The molecule has 2 N–H and O–H groups in total. The third kappa shape index (κ3) is 3.17. The summed E-state index contributed by atoms with van der Waals surface area (Å²) in [4.78, 5) is 0. The number of nitriles is 1. The van der Waals surface area contributed by atoms with Crippen LogP contribution in [0.4, 0.5) is 5.69 Å². The van der Waals surface area contributed by atoms with Crippen molar-refractivity contribution in [2.75, 3.05) is 12.8 Å². The smallest absolute Gasteiger partial charge is 0.127 e. The second kappa shape index (κ2) is 5.78. The number of ether oxygens (including phenoxy) is 2. The van der Waals surface area contributed by atoms with E-state index in [1.54, 1.807) is 37.4 Å². The van der Waals surface area contributed by atoms with Crippen molar-refractivity contribution in [1.82, 2.24) is 0 Å². The monoisotopic (exact) mass is 254 g/mol. The van der Waals surface area contributed by atoms with Gasteiger partial charge in [0.05, 0.1) is 18.7 Å². The van der Waals surface area contributed by atoms with Crippen LogP contribution < -0.4 is 15.2 Å². The van der Waals surface area contributed by atoms with Crippen LogP contribution in [0.15, 0.2) is 42.5 Å².